The van der Waals surface area contributed by atoms with E-state index in [0.29, 0.717) is 23.4 Å². The number of hydrogen-bond donors (Lipinski definition) is 2. The van der Waals surface area contributed by atoms with Crippen LogP contribution in [0, 0.1) is 16.7 Å². The molecule has 18 heavy (non-hydrogen) atoms. The fourth-order valence-corrected chi connectivity index (χ4v) is 5.22. The molecule has 0 spiro atoms. The monoisotopic (exact) mass is 271 g/mol. The molecule has 2 rings (SSSR count). The van der Waals surface area contributed by atoms with Crippen molar-refractivity contribution >= 4 is 11.8 Å². The van der Waals surface area contributed by atoms with Crippen molar-refractivity contribution < 1.29 is 5.11 Å². The van der Waals surface area contributed by atoms with Crippen molar-refractivity contribution in [1.29, 1.82) is 0 Å². The van der Waals surface area contributed by atoms with E-state index < -0.39 is 5.60 Å². The Kier molecular flexibility index (Phi) is 3.81. The van der Waals surface area contributed by atoms with E-state index in [1.54, 1.807) is 11.8 Å². The predicted octanol–water partition coefficient (Wildman–Crippen LogP) is 2.90. The minimum absolute atomic E-state index is 0.377. The van der Waals surface area contributed by atoms with Crippen LogP contribution in [0.2, 0.25) is 0 Å². The highest BCUT2D eigenvalue weighted by molar-refractivity contribution is 7.98. The maximum atomic E-state index is 10.3. The van der Waals surface area contributed by atoms with E-state index in [9.17, 15) is 5.11 Å². The molecule has 0 aromatic rings. The smallest absolute Gasteiger partial charge is 0.0833 e. The maximum absolute atomic E-state index is 10.3. The molecule has 2 aliphatic carbocycles. The second-order valence-corrected chi connectivity index (χ2v) is 8.53. The van der Waals surface area contributed by atoms with Crippen molar-refractivity contribution in [2.45, 2.75) is 58.6 Å². The van der Waals surface area contributed by atoms with Gasteiger partial charge in [-0.1, -0.05) is 20.8 Å². The van der Waals surface area contributed by atoms with E-state index in [4.69, 9.17) is 0 Å². The average Bonchev–Trinajstić information content (AvgIpc) is 2.68. The van der Waals surface area contributed by atoms with Crippen LogP contribution < -0.4 is 5.32 Å². The summed E-state index contributed by atoms with van der Waals surface area (Å²) in [5.41, 5.74) is 0.236. The molecular weight excluding hydrogens is 242 g/mol. The molecule has 0 saturated heterocycles. The van der Waals surface area contributed by atoms with Crippen molar-refractivity contribution in [3.63, 3.8) is 0 Å². The summed E-state index contributed by atoms with van der Waals surface area (Å²) < 4.78 is 0. The minimum Gasteiger partial charge on any atom is -0.388 e. The molecule has 2 bridgehead atoms. The van der Waals surface area contributed by atoms with Crippen molar-refractivity contribution in [1.82, 2.24) is 5.32 Å². The summed E-state index contributed by atoms with van der Waals surface area (Å²) >= 11 is 1.72. The molecule has 2 N–H and O–H groups in total. The molecule has 2 nitrogen and oxygen atoms in total. The van der Waals surface area contributed by atoms with Gasteiger partial charge in [0.15, 0.2) is 0 Å². The van der Waals surface area contributed by atoms with E-state index in [-0.39, 0.29) is 0 Å². The third kappa shape index (κ3) is 2.46. The van der Waals surface area contributed by atoms with Crippen LogP contribution in [0.5, 0.6) is 0 Å². The quantitative estimate of drug-likeness (QED) is 0.806. The summed E-state index contributed by atoms with van der Waals surface area (Å²) in [5.74, 6) is 1.67. The zero-order chi connectivity index (χ0) is 13.6. The molecule has 0 aromatic heterocycles. The molecule has 2 fully saturated rings. The van der Waals surface area contributed by atoms with Crippen molar-refractivity contribution in [3.05, 3.63) is 0 Å². The predicted molar refractivity (Wildman–Crippen MR) is 80.0 cm³/mol. The van der Waals surface area contributed by atoms with Gasteiger partial charge in [-0.2, -0.15) is 11.8 Å². The van der Waals surface area contributed by atoms with E-state index in [2.05, 4.69) is 32.3 Å². The highest BCUT2D eigenvalue weighted by Crippen LogP contribution is 2.62. The van der Waals surface area contributed by atoms with Gasteiger partial charge >= 0.3 is 0 Å². The Morgan fingerprint density at radius 1 is 1.39 bits per heavy atom. The first-order valence-corrected chi connectivity index (χ1v) is 8.55. The maximum Gasteiger partial charge on any atom is 0.0833 e. The molecule has 4 atom stereocenters. The van der Waals surface area contributed by atoms with Crippen LogP contribution in [-0.4, -0.2) is 35.3 Å². The molecule has 0 heterocycles. The highest BCUT2D eigenvalue weighted by atomic mass is 32.2. The Bertz CT molecular complexity index is 311. The molecule has 2 aliphatic rings. The van der Waals surface area contributed by atoms with Crippen LogP contribution in [0.15, 0.2) is 0 Å². The van der Waals surface area contributed by atoms with Gasteiger partial charge in [0.1, 0.15) is 0 Å². The van der Waals surface area contributed by atoms with Gasteiger partial charge in [0.25, 0.3) is 0 Å². The zero-order valence-corrected chi connectivity index (χ0v) is 13.4. The Morgan fingerprint density at radius 3 is 2.56 bits per heavy atom. The van der Waals surface area contributed by atoms with Crippen LogP contribution in [0.1, 0.15) is 47.0 Å². The van der Waals surface area contributed by atoms with Crippen molar-refractivity contribution in [2.24, 2.45) is 16.7 Å². The molecule has 106 valence electrons. The van der Waals surface area contributed by atoms with Gasteiger partial charge in [0.2, 0.25) is 0 Å². The normalized spacial score (nSPS) is 41.0. The molecular formula is C15H29NOS. The van der Waals surface area contributed by atoms with Gasteiger partial charge in [-0.3, -0.25) is 0 Å². The Morgan fingerprint density at radius 2 is 2.06 bits per heavy atom. The summed E-state index contributed by atoms with van der Waals surface area (Å²) in [5, 5.41) is 14.0. The molecule has 0 aromatic carbocycles. The molecule has 2 saturated carbocycles. The first-order chi connectivity index (χ1) is 8.21. The lowest BCUT2D eigenvalue weighted by molar-refractivity contribution is 0.0507. The third-order valence-electron chi connectivity index (χ3n) is 5.41. The van der Waals surface area contributed by atoms with Gasteiger partial charge in [0, 0.05) is 18.3 Å². The van der Waals surface area contributed by atoms with Crippen LogP contribution in [-0.2, 0) is 0 Å². The lowest BCUT2D eigenvalue weighted by atomic mass is 9.68. The third-order valence-corrected chi connectivity index (χ3v) is 6.32. The number of thioether (sulfide) groups is 1. The number of nitrogens with one attached hydrogen (secondary N) is 1. The molecule has 0 amide bonds. The van der Waals surface area contributed by atoms with E-state index >= 15 is 0 Å². The Hall–Kier alpha value is 0.270. The zero-order valence-electron chi connectivity index (χ0n) is 12.5. The first kappa shape index (κ1) is 14.7. The van der Waals surface area contributed by atoms with Crippen LogP contribution in [0.3, 0.4) is 0 Å². The molecule has 0 radical (unpaired) electrons. The van der Waals surface area contributed by atoms with Gasteiger partial charge in [-0.05, 0) is 49.2 Å². The van der Waals surface area contributed by atoms with Crippen LogP contribution >= 0.6 is 11.8 Å². The lowest BCUT2D eigenvalue weighted by Gasteiger charge is -2.44. The molecule has 3 heteroatoms. The summed E-state index contributed by atoms with van der Waals surface area (Å²) in [4.78, 5) is 0. The van der Waals surface area contributed by atoms with E-state index in [1.807, 2.05) is 6.92 Å². The van der Waals surface area contributed by atoms with Crippen molar-refractivity contribution in [3.8, 4) is 0 Å². The Labute approximate surface area is 116 Å². The molecule has 4 unspecified atom stereocenters. The van der Waals surface area contributed by atoms with Gasteiger partial charge in [-0.25, -0.2) is 0 Å². The topological polar surface area (TPSA) is 32.3 Å². The van der Waals surface area contributed by atoms with Gasteiger partial charge < -0.3 is 10.4 Å². The van der Waals surface area contributed by atoms with Crippen LogP contribution in [0.25, 0.3) is 0 Å². The summed E-state index contributed by atoms with van der Waals surface area (Å²) in [6.45, 7) is 9.90. The van der Waals surface area contributed by atoms with Crippen LogP contribution in [0.4, 0.5) is 0 Å². The number of hydrogen-bond acceptors (Lipinski definition) is 3. The van der Waals surface area contributed by atoms with Crippen molar-refractivity contribution in [2.75, 3.05) is 18.6 Å². The fraction of sp³-hybridized carbons (Fsp3) is 1.00. The first-order valence-electron chi connectivity index (χ1n) is 7.16. The summed E-state index contributed by atoms with van der Waals surface area (Å²) in [7, 11) is 0. The number of aliphatic hydroxyl groups is 1. The number of fused-ring (bicyclic) bond motifs is 2. The Balaban J connectivity index is 2.01. The highest BCUT2D eigenvalue weighted by Gasteiger charge is 2.59. The average molecular weight is 271 g/mol. The molecule has 0 aliphatic heterocycles. The van der Waals surface area contributed by atoms with E-state index in [1.165, 1.54) is 19.3 Å². The fourth-order valence-electron chi connectivity index (χ4n) is 4.50. The summed E-state index contributed by atoms with van der Waals surface area (Å²) in [6, 6.07) is 0.553. The standard InChI is InChI=1S/C15H29NOS/c1-13(2)11-6-7-14(3,8-11)12(13)16-9-15(4,17)10-18-5/h11-12,16-17H,6-10H2,1-5H3. The van der Waals surface area contributed by atoms with Gasteiger partial charge in [-0.15, -0.1) is 0 Å². The van der Waals surface area contributed by atoms with Gasteiger partial charge in [0.05, 0.1) is 5.60 Å². The second-order valence-electron chi connectivity index (χ2n) is 7.66. The SMILES string of the molecule is CSCC(C)(O)CNC1C2(C)CCC(C2)C1(C)C. The minimum atomic E-state index is -0.590. The van der Waals surface area contributed by atoms with E-state index in [0.717, 1.165) is 11.7 Å². The lowest BCUT2D eigenvalue weighted by Crippen LogP contribution is -2.54. The number of rotatable bonds is 5. The largest absolute Gasteiger partial charge is 0.388 e. The summed E-state index contributed by atoms with van der Waals surface area (Å²) in [6.07, 6.45) is 6.16. The second kappa shape index (κ2) is 4.68.